The summed E-state index contributed by atoms with van der Waals surface area (Å²) in [6.07, 6.45) is -4.71. The molecule has 1 aliphatic rings. The molecule has 1 aliphatic heterocycles. The van der Waals surface area contributed by atoms with Gasteiger partial charge in [0, 0.05) is 46.1 Å². The van der Waals surface area contributed by atoms with Crippen LogP contribution in [-0.2, 0) is 25.8 Å². The van der Waals surface area contributed by atoms with Gasteiger partial charge < -0.3 is 10.2 Å². The Morgan fingerprint density at radius 3 is 2.26 bits per heavy atom. The summed E-state index contributed by atoms with van der Waals surface area (Å²) >= 11 is 0. The smallest absolute Gasteiger partial charge is 0.356 e. The molecule has 0 radical (unpaired) electrons. The van der Waals surface area contributed by atoms with Crippen LogP contribution in [0.25, 0.3) is 0 Å². The zero-order valence-electron chi connectivity index (χ0n) is 14.6. The highest BCUT2D eigenvalue weighted by Crippen LogP contribution is 2.35. The van der Waals surface area contributed by atoms with Crippen molar-refractivity contribution in [1.29, 1.82) is 0 Å². The summed E-state index contributed by atoms with van der Waals surface area (Å²) in [7, 11) is -4.33. The van der Waals surface area contributed by atoms with E-state index in [1.54, 1.807) is 0 Å². The summed E-state index contributed by atoms with van der Waals surface area (Å²) in [6.45, 7) is 1.46. The van der Waals surface area contributed by atoms with Crippen LogP contribution in [0.15, 0.2) is 29.2 Å². The molecule has 0 atom stereocenters. The number of halogens is 3. The third-order valence-corrected chi connectivity index (χ3v) is 6.07. The van der Waals surface area contributed by atoms with E-state index in [1.807, 2.05) is 0 Å². The fourth-order valence-corrected chi connectivity index (χ4v) is 4.38. The van der Waals surface area contributed by atoms with Gasteiger partial charge >= 0.3 is 6.18 Å². The molecule has 1 N–H and O–H groups in total. The molecule has 150 valence electrons. The second kappa shape index (κ2) is 8.26. The predicted octanol–water partition coefficient (Wildman–Crippen LogP) is 1.06. The number of sulfonamides is 1. The van der Waals surface area contributed by atoms with Crippen LogP contribution in [0.5, 0.6) is 0 Å². The number of hydrogen-bond donors (Lipinski definition) is 1. The zero-order valence-corrected chi connectivity index (χ0v) is 15.4. The first-order chi connectivity index (χ1) is 12.5. The number of nitrogens with zero attached hydrogens (tertiary/aromatic N) is 2. The molecule has 7 nitrogen and oxygen atoms in total. The Hall–Kier alpha value is -2.14. The first-order valence-corrected chi connectivity index (χ1v) is 9.66. The van der Waals surface area contributed by atoms with Crippen molar-refractivity contribution in [2.24, 2.45) is 0 Å². The Morgan fingerprint density at radius 2 is 1.70 bits per heavy atom. The second-order valence-corrected chi connectivity index (χ2v) is 7.92. The van der Waals surface area contributed by atoms with Crippen molar-refractivity contribution >= 4 is 21.8 Å². The fourth-order valence-electron chi connectivity index (χ4n) is 2.75. The molecule has 1 aromatic carbocycles. The normalized spacial score (nSPS) is 16.2. The van der Waals surface area contributed by atoms with E-state index in [4.69, 9.17) is 0 Å². The van der Waals surface area contributed by atoms with Gasteiger partial charge in [0.1, 0.15) is 0 Å². The molecular weight excluding hydrogens is 387 g/mol. The molecule has 2 rings (SSSR count). The van der Waals surface area contributed by atoms with E-state index in [1.165, 1.54) is 17.9 Å². The quantitative estimate of drug-likeness (QED) is 0.791. The first kappa shape index (κ1) is 21.2. The number of amides is 2. The molecule has 0 aromatic heterocycles. The van der Waals surface area contributed by atoms with Gasteiger partial charge in [-0.2, -0.15) is 17.5 Å². The number of hydrogen-bond acceptors (Lipinski definition) is 4. The fraction of sp³-hybridized carbons (Fsp3) is 0.500. The highest BCUT2D eigenvalue weighted by Gasteiger charge is 2.39. The minimum atomic E-state index is -4.79. The van der Waals surface area contributed by atoms with Crippen molar-refractivity contribution in [1.82, 2.24) is 14.5 Å². The number of piperazine rings is 1. The number of carbonyl (C=O) groups excluding carboxylic acids is 2. The lowest BCUT2D eigenvalue weighted by atomic mass is 10.2. The second-order valence-electron chi connectivity index (χ2n) is 6.01. The van der Waals surface area contributed by atoms with Gasteiger partial charge in [-0.1, -0.05) is 12.1 Å². The Bertz CT molecular complexity index is 803. The molecule has 1 heterocycles. The van der Waals surface area contributed by atoms with Crippen molar-refractivity contribution in [3.05, 3.63) is 29.8 Å². The minimum absolute atomic E-state index is 0.0727. The summed E-state index contributed by atoms with van der Waals surface area (Å²) in [4.78, 5) is 23.5. The number of alkyl halides is 3. The van der Waals surface area contributed by atoms with E-state index in [0.29, 0.717) is 0 Å². The van der Waals surface area contributed by atoms with Crippen molar-refractivity contribution in [2.45, 2.75) is 24.4 Å². The van der Waals surface area contributed by atoms with Gasteiger partial charge in [-0.3, -0.25) is 9.59 Å². The summed E-state index contributed by atoms with van der Waals surface area (Å²) in [5, 5.41) is 2.49. The molecule has 0 aliphatic carbocycles. The molecular formula is C16H20F3N3O4S. The van der Waals surface area contributed by atoms with Gasteiger partial charge in [-0.25, -0.2) is 8.42 Å². The van der Waals surface area contributed by atoms with Gasteiger partial charge in [0.15, 0.2) is 0 Å². The van der Waals surface area contributed by atoms with Crippen LogP contribution < -0.4 is 5.32 Å². The topological polar surface area (TPSA) is 86.8 Å². The maximum atomic E-state index is 13.1. The predicted molar refractivity (Wildman–Crippen MR) is 90.1 cm³/mol. The van der Waals surface area contributed by atoms with Gasteiger partial charge in [0.2, 0.25) is 21.8 Å². The zero-order chi connectivity index (χ0) is 20.2. The summed E-state index contributed by atoms with van der Waals surface area (Å²) in [5.41, 5.74) is -1.21. The van der Waals surface area contributed by atoms with E-state index in [-0.39, 0.29) is 51.0 Å². The van der Waals surface area contributed by atoms with Crippen molar-refractivity contribution < 1.29 is 31.2 Å². The summed E-state index contributed by atoms with van der Waals surface area (Å²) in [5.74, 6) is -0.515. The summed E-state index contributed by atoms with van der Waals surface area (Å²) in [6, 6.07) is 4.04. The van der Waals surface area contributed by atoms with Gasteiger partial charge in [0.25, 0.3) is 0 Å². The third-order valence-electron chi connectivity index (χ3n) is 4.11. The maximum absolute atomic E-state index is 13.1. The van der Waals surface area contributed by atoms with Gasteiger partial charge in [-0.05, 0) is 12.1 Å². The first-order valence-electron chi connectivity index (χ1n) is 8.22. The Labute approximate surface area is 155 Å². The van der Waals surface area contributed by atoms with Gasteiger partial charge in [-0.15, -0.1) is 0 Å². The Balaban J connectivity index is 2.05. The van der Waals surface area contributed by atoms with E-state index in [0.717, 1.165) is 22.5 Å². The Morgan fingerprint density at radius 1 is 1.11 bits per heavy atom. The van der Waals surface area contributed by atoms with Crippen molar-refractivity contribution in [3.8, 4) is 0 Å². The molecule has 0 spiro atoms. The number of benzene rings is 1. The molecule has 1 aromatic rings. The average molecular weight is 407 g/mol. The van der Waals surface area contributed by atoms with Crippen LogP contribution in [0.4, 0.5) is 13.2 Å². The molecule has 1 saturated heterocycles. The number of rotatable bonds is 5. The number of nitrogens with one attached hydrogen (secondary N) is 1. The van der Waals surface area contributed by atoms with Crippen LogP contribution in [0.1, 0.15) is 18.9 Å². The van der Waals surface area contributed by atoms with Crippen LogP contribution >= 0.6 is 0 Å². The van der Waals surface area contributed by atoms with Crippen molar-refractivity contribution in [3.63, 3.8) is 0 Å². The minimum Gasteiger partial charge on any atom is -0.356 e. The largest absolute Gasteiger partial charge is 0.417 e. The standard InChI is InChI=1S/C16H20F3N3O4S/c1-12(23)20-7-6-15(24)21-8-10-22(11-9-21)27(25,26)14-5-3-2-4-13(14)16(17,18)19/h2-5H,6-11H2,1H3,(H,20,23). The molecule has 27 heavy (non-hydrogen) atoms. The molecule has 11 heteroatoms. The lowest BCUT2D eigenvalue weighted by Gasteiger charge is -2.34. The number of carbonyl (C=O) groups is 2. The van der Waals surface area contributed by atoms with Crippen LogP contribution in [0.3, 0.4) is 0 Å². The third kappa shape index (κ3) is 5.19. The molecule has 0 saturated carbocycles. The highest BCUT2D eigenvalue weighted by molar-refractivity contribution is 7.89. The SMILES string of the molecule is CC(=O)NCCC(=O)N1CCN(S(=O)(=O)c2ccccc2C(F)(F)F)CC1. The van der Waals surface area contributed by atoms with E-state index >= 15 is 0 Å². The van der Waals surface area contributed by atoms with Crippen LogP contribution in [0.2, 0.25) is 0 Å². The molecule has 1 fully saturated rings. The van der Waals surface area contributed by atoms with Crippen molar-refractivity contribution in [2.75, 3.05) is 32.7 Å². The molecule has 0 bridgehead atoms. The van der Waals surface area contributed by atoms with E-state index in [9.17, 15) is 31.2 Å². The molecule has 2 amide bonds. The lowest BCUT2D eigenvalue weighted by molar-refractivity contribution is -0.140. The maximum Gasteiger partial charge on any atom is 0.417 e. The van der Waals surface area contributed by atoms with E-state index in [2.05, 4.69) is 5.32 Å². The average Bonchev–Trinajstić information content (AvgIpc) is 2.60. The van der Waals surface area contributed by atoms with Gasteiger partial charge in [0.05, 0.1) is 10.5 Å². The van der Waals surface area contributed by atoms with Crippen LogP contribution in [0, 0.1) is 0 Å². The summed E-state index contributed by atoms with van der Waals surface area (Å²) < 4.78 is 65.6. The Kier molecular flexibility index (Phi) is 6.47. The molecule has 0 unspecified atom stereocenters. The van der Waals surface area contributed by atoms with Crippen LogP contribution in [-0.4, -0.2) is 62.2 Å². The van der Waals surface area contributed by atoms with E-state index < -0.39 is 26.7 Å². The highest BCUT2D eigenvalue weighted by atomic mass is 32.2. The monoisotopic (exact) mass is 407 g/mol. The lowest BCUT2D eigenvalue weighted by Crippen LogP contribution is -2.51.